The van der Waals surface area contributed by atoms with Gasteiger partial charge in [-0.3, -0.25) is 15.1 Å². The lowest BCUT2D eigenvalue weighted by Gasteiger charge is -2.55. The molecule has 2 fully saturated rings. The molecule has 0 spiro atoms. The van der Waals surface area contributed by atoms with Gasteiger partial charge in [-0.25, -0.2) is 15.0 Å². The molecule has 2 saturated heterocycles. The number of nitrogens with one attached hydrogen (secondary N) is 2. The molecule has 0 unspecified atom stereocenters. The van der Waals surface area contributed by atoms with Gasteiger partial charge in [-0.15, -0.1) is 0 Å². The van der Waals surface area contributed by atoms with Gasteiger partial charge in [-0.2, -0.15) is 26.3 Å². The third kappa shape index (κ3) is 8.44. The summed E-state index contributed by atoms with van der Waals surface area (Å²) >= 11 is 0. The van der Waals surface area contributed by atoms with Crippen LogP contribution in [-0.2, 0) is 43.5 Å². The van der Waals surface area contributed by atoms with Crippen LogP contribution in [0.5, 0.6) is 0 Å². The van der Waals surface area contributed by atoms with Crippen LogP contribution >= 0.6 is 0 Å². The van der Waals surface area contributed by atoms with Crippen LogP contribution in [0, 0.1) is 0 Å². The molecule has 2 N–H and O–H groups in total. The molecule has 0 saturated carbocycles. The predicted octanol–water partition coefficient (Wildman–Crippen LogP) is 7.31. The van der Waals surface area contributed by atoms with Crippen molar-refractivity contribution in [1.82, 2.24) is 20.7 Å². The second-order valence-electron chi connectivity index (χ2n) is 12.7. The average molecular weight is 737 g/mol. The van der Waals surface area contributed by atoms with Gasteiger partial charge >= 0.3 is 30.4 Å². The molecule has 3 atom stereocenters. The van der Waals surface area contributed by atoms with Crippen LogP contribution in [-0.4, -0.2) is 59.9 Å². The van der Waals surface area contributed by atoms with Gasteiger partial charge in [0, 0.05) is 6.54 Å². The SMILES string of the molecule is CCOC(=O)C[C@]1(N2CNNC2=O)CC[C@@](CO[C@H](C)c2cc(C(F)(F)F)cc(C(F)(F)F)c2)(c2ccccc2)N(C(=O)OCc2ccccc2)C1. The van der Waals surface area contributed by atoms with Crippen molar-refractivity contribution >= 4 is 18.1 Å². The number of hydrogen-bond donors (Lipinski definition) is 2. The molecular weight excluding hydrogens is 698 g/mol. The van der Waals surface area contributed by atoms with Crippen LogP contribution < -0.4 is 10.9 Å². The first kappa shape index (κ1) is 38.4. The Kier molecular flexibility index (Phi) is 11.4. The molecular formula is C36H38F6N4O6. The van der Waals surface area contributed by atoms with Crippen LogP contribution in [0.25, 0.3) is 0 Å². The number of amides is 3. The zero-order valence-electron chi connectivity index (χ0n) is 28.4. The third-order valence-corrected chi connectivity index (χ3v) is 9.39. The Morgan fingerprint density at radius 1 is 0.885 bits per heavy atom. The minimum atomic E-state index is -5.07. The van der Waals surface area contributed by atoms with E-state index in [2.05, 4.69) is 10.9 Å². The molecule has 0 aromatic heterocycles. The maximum Gasteiger partial charge on any atom is 0.416 e. The van der Waals surface area contributed by atoms with Gasteiger partial charge in [-0.05, 0) is 61.6 Å². The van der Waals surface area contributed by atoms with E-state index in [1.165, 1.54) is 16.7 Å². The number of hydrogen-bond acceptors (Lipinski definition) is 7. The van der Waals surface area contributed by atoms with Crippen molar-refractivity contribution in [3.05, 3.63) is 107 Å². The smallest absolute Gasteiger partial charge is 0.416 e. The van der Waals surface area contributed by atoms with Gasteiger partial charge in [-0.1, -0.05) is 60.7 Å². The second-order valence-corrected chi connectivity index (χ2v) is 12.7. The molecule has 52 heavy (non-hydrogen) atoms. The summed E-state index contributed by atoms with van der Waals surface area (Å²) in [5.74, 6) is -0.623. The maximum atomic E-state index is 14.3. The lowest BCUT2D eigenvalue weighted by atomic mass is 9.73. The number of esters is 1. The van der Waals surface area contributed by atoms with Crippen LogP contribution in [0.3, 0.4) is 0 Å². The van der Waals surface area contributed by atoms with Crippen molar-refractivity contribution in [3.63, 3.8) is 0 Å². The van der Waals surface area contributed by atoms with Crippen LogP contribution in [0.1, 0.15) is 67.0 Å². The Morgan fingerprint density at radius 3 is 2.06 bits per heavy atom. The molecule has 3 aromatic carbocycles. The van der Waals surface area contributed by atoms with E-state index in [1.807, 2.05) is 0 Å². The quantitative estimate of drug-likeness (QED) is 0.157. The summed E-state index contributed by atoms with van der Waals surface area (Å²) in [6, 6.07) is 18.0. The lowest BCUT2D eigenvalue weighted by molar-refractivity contribution is -0.149. The molecule has 16 heteroatoms. The Labute approximate surface area is 296 Å². The lowest BCUT2D eigenvalue weighted by Crippen LogP contribution is -2.68. The first-order chi connectivity index (χ1) is 24.6. The number of carbonyl (C=O) groups is 3. The van der Waals surface area contributed by atoms with Crippen molar-refractivity contribution in [2.24, 2.45) is 0 Å². The molecule has 0 radical (unpaired) electrons. The van der Waals surface area contributed by atoms with Crippen LogP contribution in [0.4, 0.5) is 35.9 Å². The van der Waals surface area contributed by atoms with E-state index >= 15 is 0 Å². The third-order valence-electron chi connectivity index (χ3n) is 9.39. The van der Waals surface area contributed by atoms with E-state index in [-0.39, 0.29) is 57.3 Å². The average Bonchev–Trinajstić information content (AvgIpc) is 3.56. The standard InChI is InChI=1S/C36H38F6N4O6/c1-3-50-30(47)19-33(46-23-43-44-31(46)48)14-15-34(27-12-8-5-9-13-27,45(21-33)32(49)51-20-25-10-6-4-7-11-25)22-52-24(2)26-16-28(35(37,38)39)18-29(17-26)36(40,41)42/h4-13,16-18,24,43H,3,14-15,19-23H2,1-2H3,(H,44,48)/t24-,33-,34-/m1/s1. The molecule has 2 heterocycles. The summed E-state index contributed by atoms with van der Waals surface area (Å²) in [6.07, 6.45) is -12.5. The highest BCUT2D eigenvalue weighted by Crippen LogP contribution is 2.46. The normalized spacial score (nSPS) is 21.4. The Bertz CT molecular complexity index is 1700. The largest absolute Gasteiger partial charge is 0.466 e. The maximum absolute atomic E-state index is 14.3. The molecule has 2 aliphatic rings. The van der Waals surface area contributed by atoms with Gasteiger partial charge in [0.25, 0.3) is 0 Å². The summed E-state index contributed by atoms with van der Waals surface area (Å²) in [5, 5.41) is 0. The topological polar surface area (TPSA) is 109 Å². The Balaban J connectivity index is 1.57. The van der Waals surface area contributed by atoms with Crippen molar-refractivity contribution < 1.29 is 54.9 Å². The van der Waals surface area contributed by atoms with E-state index in [9.17, 15) is 40.7 Å². The zero-order valence-corrected chi connectivity index (χ0v) is 28.4. The predicted molar refractivity (Wildman–Crippen MR) is 174 cm³/mol. The summed E-state index contributed by atoms with van der Waals surface area (Å²) in [7, 11) is 0. The number of rotatable bonds is 11. The molecule has 0 bridgehead atoms. The van der Waals surface area contributed by atoms with Crippen molar-refractivity contribution in [2.45, 2.75) is 69.3 Å². The number of hydrazine groups is 1. The number of likely N-dealkylation sites (tertiary alicyclic amines) is 1. The summed E-state index contributed by atoms with van der Waals surface area (Å²) in [5.41, 5.74) is 0.300. The molecule has 0 aliphatic carbocycles. The minimum Gasteiger partial charge on any atom is -0.466 e. The number of halogens is 6. The van der Waals surface area contributed by atoms with Crippen molar-refractivity contribution in [3.8, 4) is 0 Å². The van der Waals surface area contributed by atoms with Crippen molar-refractivity contribution in [1.29, 1.82) is 0 Å². The van der Waals surface area contributed by atoms with Crippen LogP contribution in [0.15, 0.2) is 78.9 Å². The summed E-state index contributed by atoms with van der Waals surface area (Å²) in [6.45, 7) is 2.16. The number of alkyl halides is 6. The first-order valence-electron chi connectivity index (χ1n) is 16.5. The van der Waals surface area contributed by atoms with E-state index in [1.54, 1.807) is 67.6 Å². The molecule has 2 aliphatic heterocycles. The number of ether oxygens (including phenoxy) is 3. The van der Waals surface area contributed by atoms with Gasteiger partial charge in [0.05, 0.1) is 54.6 Å². The van der Waals surface area contributed by atoms with Crippen molar-refractivity contribution in [2.75, 3.05) is 26.4 Å². The van der Waals surface area contributed by atoms with Gasteiger partial charge in [0.1, 0.15) is 6.61 Å². The van der Waals surface area contributed by atoms with Gasteiger partial charge in [0.15, 0.2) is 0 Å². The van der Waals surface area contributed by atoms with E-state index in [0.717, 1.165) is 0 Å². The number of nitrogens with zero attached hydrogens (tertiary/aromatic N) is 2. The number of urea groups is 1. The second kappa shape index (κ2) is 15.4. The van der Waals surface area contributed by atoms with Gasteiger partial charge in [0.2, 0.25) is 0 Å². The first-order valence-corrected chi connectivity index (χ1v) is 16.5. The zero-order chi connectivity index (χ0) is 37.7. The summed E-state index contributed by atoms with van der Waals surface area (Å²) < 4.78 is 99.6. The Hall–Kier alpha value is -4.83. The number of carbonyl (C=O) groups excluding carboxylic acids is 3. The van der Waals surface area contributed by atoms with E-state index in [0.29, 0.717) is 23.3 Å². The highest BCUT2D eigenvalue weighted by atomic mass is 19.4. The van der Waals surface area contributed by atoms with Gasteiger partial charge < -0.3 is 19.1 Å². The molecule has 3 amide bonds. The number of piperidine rings is 1. The number of benzene rings is 3. The molecule has 10 nitrogen and oxygen atoms in total. The molecule has 5 rings (SSSR count). The summed E-state index contributed by atoms with van der Waals surface area (Å²) in [4.78, 5) is 43.2. The highest BCUT2D eigenvalue weighted by Gasteiger charge is 2.56. The molecule has 3 aromatic rings. The highest BCUT2D eigenvalue weighted by molar-refractivity contribution is 5.79. The fourth-order valence-corrected chi connectivity index (χ4v) is 6.65. The van der Waals surface area contributed by atoms with Crippen LogP contribution in [0.2, 0.25) is 0 Å². The van der Waals surface area contributed by atoms with E-state index in [4.69, 9.17) is 14.2 Å². The van der Waals surface area contributed by atoms with E-state index < -0.39 is 65.4 Å². The molecule has 280 valence electrons. The fourth-order valence-electron chi connectivity index (χ4n) is 6.65. The monoisotopic (exact) mass is 736 g/mol. The fraction of sp³-hybridized carbons (Fsp3) is 0.417. The minimum absolute atomic E-state index is 0.0197. The Morgan fingerprint density at radius 2 is 1.50 bits per heavy atom.